The molecule has 0 aliphatic carbocycles. The van der Waals surface area contributed by atoms with Crippen molar-refractivity contribution in [2.75, 3.05) is 40.9 Å². The third-order valence-corrected chi connectivity index (χ3v) is 11.0. The quantitative estimate of drug-likeness (QED) is 0.0279. The second kappa shape index (κ2) is 35.9. The van der Waals surface area contributed by atoms with Crippen LogP contribution in [0.15, 0.2) is 12.2 Å². The van der Waals surface area contributed by atoms with Gasteiger partial charge in [0.2, 0.25) is 5.91 Å². The molecule has 0 aromatic carbocycles. The maximum Gasteiger partial charge on any atom is 0.268 e. The highest BCUT2D eigenvalue weighted by Crippen LogP contribution is 2.38. The third-order valence-electron chi connectivity index (χ3n) is 10.0. The van der Waals surface area contributed by atoms with Gasteiger partial charge in [-0.3, -0.25) is 9.36 Å². The van der Waals surface area contributed by atoms with Gasteiger partial charge < -0.3 is 28.8 Å². The zero-order chi connectivity index (χ0) is 38.6. The molecule has 52 heavy (non-hydrogen) atoms. The van der Waals surface area contributed by atoms with E-state index in [9.17, 15) is 19.4 Å². The Hall–Kier alpha value is -0.760. The van der Waals surface area contributed by atoms with Gasteiger partial charge in [0.05, 0.1) is 39.9 Å². The molecule has 1 amide bonds. The number of hydrogen-bond acceptors (Lipinski definition) is 6. The highest BCUT2D eigenvalue weighted by molar-refractivity contribution is 7.45. The van der Waals surface area contributed by atoms with Crippen molar-refractivity contribution in [2.45, 2.75) is 219 Å². The molecule has 310 valence electrons. The number of rotatable bonds is 40. The maximum absolute atomic E-state index is 12.8. The van der Waals surface area contributed by atoms with Crippen molar-refractivity contribution in [1.82, 2.24) is 5.32 Å². The summed E-state index contributed by atoms with van der Waals surface area (Å²) in [6.45, 7) is 4.70. The number of nitrogens with zero attached hydrogens (tertiary/aromatic N) is 1. The van der Waals surface area contributed by atoms with Crippen LogP contribution in [-0.2, 0) is 18.4 Å². The SMILES string of the molecule is CCCCCC/C=C/CCCCCCCC(=O)N[C@@H](COP(=O)([O-])OCC[N+](C)(C)C)[C@H](O)CCCCCCCCCCCCCCCCCCC. The number of phosphoric acid groups is 1. The summed E-state index contributed by atoms with van der Waals surface area (Å²) < 4.78 is 23.2. The van der Waals surface area contributed by atoms with Crippen molar-refractivity contribution < 1.29 is 32.9 Å². The lowest BCUT2D eigenvalue weighted by atomic mass is 10.0. The molecule has 0 fully saturated rings. The van der Waals surface area contributed by atoms with E-state index in [0.717, 1.165) is 51.4 Å². The lowest BCUT2D eigenvalue weighted by Crippen LogP contribution is -2.46. The number of phosphoric ester groups is 1. The molecule has 3 atom stereocenters. The summed E-state index contributed by atoms with van der Waals surface area (Å²) in [5, 5.41) is 13.9. The van der Waals surface area contributed by atoms with Crippen LogP contribution in [0.1, 0.15) is 206 Å². The predicted molar refractivity (Wildman–Crippen MR) is 219 cm³/mol. The number of amides is 1. The number of nitrogens with one attached hydrogen (secondary N) is 1. The van der Waals surface area contributed by atoms with E-state index in [1.807, 2.05) is 21.1 Å². The van der Waals surface area contributed by atoms with Gasteiger partial charge in [0.15, 0.2) is 0 Å². The maximum atomic E-state index is 12.8. The summed E-state index contributed by atoms with van der Waals surface area (Å²) in [7, 11) is 1.30. The fourth-order valence-electron chi connectivity index (χ4n) is 6.45. The molecular formula is C43H87N2O6P. The normalized spacial score (nSPS) is 14.5. The van der Waals surface area contributed by atoms with Gasteiger partial charge >= 0.3 is 0 Å². The van der Waals surface area contributed by atoms with Crippen molar-refractivity contribution in [3.05, 3.63) is 12.2 Å². The number of unbranched alkanes of at least 4 members (excludes halogenated alkanes) is 25. The van der Waals surface area contributed by atoms with Crippen LogP contribution in [0.25, 0.3) is 0 Å². The van der Waals surface area contributed by atoms with Crippen molar-refractivity contribution in [3.8, 4) is 0 Å². The minimum atomic E-state index is -4.56. The van der Waals surface area contributed by atoms with Crippen LogP contribution < -0.4 is 10.2 Å². The van der Waals surface area contributed by atoms with E-state index in [1.165, 1.54) is 128 Å². The number of likely N-dealkylation sites (N-methyl/N-ethyl adjacent to an activating group) is 1. The Balaban J connectivity index is 4.36. The van der Waals surface area contributed by atoms with E-state index in [4.69, 9.17) is 9.05 Å². The highest BCUT2D eigenvalue weighted by Gasteiger charge is 2.24. The second-order valence-corrected chi connectivity index (χ2v) is 17.8. The summed E-state index contributed by atoms with van der Waals surface area (Å²) in [5.74, 6) is -0.173. The Morgan fingerprint density at radius 2 is 1.06 bits per heavy atom. The van der Waals surface area contributed by atoms with Gasteiger partial charge in [0.1, 0.15) is 13.2 Å². The second-order valence-electron chi connectivity index (χ2n) is 16.4. The smallest absolute Gasteiger partial charge is 0.268 e. The molecule has 0 aromatic heterocycles. The largest absolute Gasteiger partial charge is 0.756 e. The summed E-state index contributed by atoms with van der Waals surface area (Å²) in [4.78, 5) is 25.3. The minimum Gasteiger partial charge on any atom is -0.756 e. The third kappa shape index (κ3) is 37.6. The van der Waals surface area contributed by atoms with Crippen LogP contribution in [0.4, 0.5) is 0 Å². The number of carbonyl (C=O) groups excluding carboxylic acids is 1. The first-order chi connectivity index (χ1) is 25.0. The minimum absolute atomic E-state index is 0.0123. The molecule has 0 radical (unpaired) electrons. The predicted octanol–water partition coefficient (Wildman–Crippen LogP) is 11.3. The van der Waals surface area contributed by atoms with Gasteiger partial charge in [-0.1, -0.05) is 174 Å². The first-order valence-electron chi connectivity index (χ1n) is 22.0. The van der Waals surface area contributed by atoms with Crippen LogP contribution >= 0.6 is 7.82 Å². The Labute approximate surface area is 322 Å². The molecule has 1 unspecified atom stereocenters. The van der Waals surface area contributed by atoms with Crippen LogP contribution in [0.5, 0.6) is 0 Å². The average Bonchev–Trinajstić information content (AvgIpc) is 3.09. The number of aliphatic hydroxyl groups is 1. The van der Waals surface area contributed by atoms with E-state index in [0.29, 0.717) is 23.9 Å². The molecule has 0 saturated heterocycles. The van der Waals surface area contributed by atoms with Gasteiger partial charge in [-0.05, 0) is 38.5 Å². The van der Waals surface area contributed by atoms with Crippen molar-refractivity contribution in [1.29, 1.82) is 0 Å². The van der Waals surface area contributed by atoms with Crippen LogP contribution in [0.3, 0.4) is 0 Å². The Morgan fingerprint density at radius 1 is 0.654 bits per heavy atom. The van der Waals surface area contributed by atoms with Crippen LogP contribution in [0.2, 0.25) is 0 Å². The Morgan fingerprint density at radius 3 is 1.52 bits per heavy atom. The van der Waals surface area contributed by atoms with Gasteiger partial charge in [0, 0.05) is 6.42 Å². The van der Waals surface area contributed by atoms with Gasteiger partial charge in [-0.2, -0.15) is 0 Å². The highest BCUT2D eigenvalue weighted by atomic mass is 31.2. The monoisotopic (exact) mass is 759 g/mol. The van der Waals surface area contributed by atoms with Gasteiger partial charge in [0.25, 0.3) is 7.82 Å². The van der Waals surface area contributed by atoms with Crippen LogP contribution in [0, 0.1) is 0 Å². The number of carbonyl (C=O) groups is 1. The Bertz CT molecular complexity index is 865. The molecule has 9 heteroatoms. The van der Waals surface area contributed by atoms with Crippen molar-refractivity contribution in [2.24, 2.45) is 0 Å². The fourth-order valence-corrected chi connectivity index (χ4v) is 7.17. The topological polar surface area (TPSA) is 108 Å². The summed E-state index contributed by atoms with van der Waals surface area (Å²) in [6, 6.07) is -0.799. The molecule has 0 rings (SSSR count). The lowest BCUT2D eigenvalue weighted by Gasteiger charge is -2.30. The molecule has 0 heterocycles. The van der Waals surface area contributed by atoms with Gasteiger partial charge in [-0.15, -0.1) is 0 Å². The average molecular weight is 759 g/mol. The summed E-state index contributed by atoms with van der Waals surface area (Å²) in [5.41, 5.74) is 0. The number of quaternary nitrogens is 1. The summed E-state index contributed by atoms with van der Waals surface area (Å²) >= 11 is 0. The molecule has 8 nitrogen and oxygen atoms in total. The zero-order valence-corrected chi connectivity index (χ0v) is 35.9. The molecule has 0 aliphatic rings. The van der Waals surface area contributed by atoms with E-state index < -0.39 is 20.0 Å². The van der Waals surface area contributed by atoms with E-state index in [2.05, 4.69) is 31.3 Å². The van der Waals surface area contributed by atoms with Crippen molar-refractivity contribution in [3.63, 3.8) is 0 Å². The molecule has 0 aromatic rings. The van der Waals surface area contributed by atoms with E-state index in [1.54, 1.807) is 0 Å². The van der Waals surface area contributed by atoms with Crippen molar-refractivity contribution >= 4 is 13.7 Å². The lowest BCUT2D eigenvalue weighted by molar-refractivity contribution is -0.870. The first kappa shape index (κ1) is 51.2. The van der Waals surface area contributed by atoms with Crippen LogP contribution in [-0.4, -0.2) is 68.5 Å². The number of allylic oxidation sites excluding steroid dienone is 2. The standard InChI is InChI=1S/C43H87N2O6P/c1-6-8-10-12-14-16-18-20-21-22-23-25-26-28-30-32-34-36-42(46)41(40-51-52(48,49)50-39-38-45(3,4)5)44-43(47)37-35-33-31-29-27-24-19-17-15-13-11-9-7-2/h17,19,41-42,46H,6-16,18,20-40H2,1-5H3,(H-,44,47,48,49)/b19-17+/t41-,42+/m0/s1. The van der Waals surface area contributed by atoms with E-state index in [-0.39, 0.29) is 19.1 Å². The van der Waals surface area contributed by atoms with Gasteiger partial charge in [-0.25, -0.2) is 0 Å². The number of aliphatic hydroxyl groups excluding tert-OH is 1. The summed E-state index contributed by atoms with van der Waals surface area (Å²) in [6.07, 6.45) is 39.2. The molecule has 2 N–H and O–H groups in total. The molecule has 0 spiro atoms. The number of hydrogen-bond donors (Lipinski definition) is 2. The Kier molecular flexibility index (Phi) is 35.4. The fraction of sp³-hybridized carbons (Fsp3) is 0.930. The zero-order valence-electron chi connectivity index (χ0n) is 35.0. The molecule has 0 saturated carbocycles. The van der Waals surface area contributed by atoms with E-state index >= 15 is 0 Å². The molecule has 0 bridgehead atoms. The molecular weight excluding hydrogens is 671 g/mol. The molecule has 0 aliphatic heterocycles. The first-order valence-corrected chi connectivity index (χ1v) is 23.5.